The summed E-state index contributed by atoms with van der Waals surface area (Å²) in [6.07, 6.45) is 0.208. The van der Waals surface area contributed by atoms with E-state index < -0.39 is 17.7 Å². The highest BCUT2D eigenvalue weighted by molar-refractivity contribution is 5.78. The summed E-state index contributed by atoms with van der Waals surface area (Å²) in [5.74, 6) is 0.603. The van der Waals surface area contributed by atoms with E-state index in [4.69, 9.17) is 14.6 Å². The van der Waals surface area contributed by atoms with Crippen molar-refractivity contribution < 1.29 is 19.1 Å². The highest BCUT2D eigenvalue weighted by atomic mass is 16.6. The molecular weight excluding hydrogens is 396 g/mol. The molecule has 166 valence electrons. The lowest BCUT2D eigenvalue weighted by Gasteiger charge is -2.37. The number of amides is 2. The van der Waals surface area contributed by atoms with Crippen LogP contribution in [0.5, 0.6) is 5.88 Å². The highest BCUT2D eigenvalue weighted by Crippen LogP contribution is 2.38. The first-order valence-electron chi connectivity index (χ1n) is 10.8. The Labute approximate surface area is 182 Å². The highest BCUT2D eigenvalue weighted by Gasteiger charge is 2.40. The van der Waals surface area contributed by atoms with Crippen molar-refractivity contribution in [2.45, 2.75) is 58.6 Å². The third-order valence-electron chi connectivity index (χ3n) is 5.55. The van der Waals surface area contributed by atoms with Gasteiger partial charge in [-0.25, -0.2) is 9.48 Å². The number of hydrogen-bond donors (Lipinski definition) is 1. The van der Waals surface area contributed by atoms with Crippen molar-refractivity contribution in [3.8, 4) is 11.6 Å². The minimum Gasteiger partial charge on any atom is -0.466 e. The van der Waals surface area contributed by atoms with Crippen molar-refractivity contribution in [2.24, 2.45) is 0 Å². The second kappa shape index (κ2) is 7.90. The Kier molecular flexibility index (Phi) is 5.41. The number of carbonyl (C=O) groups excluding carboxylic acids is 2. The van der Waals surface area contributed by atoms with Crippen molar-refractivity contribution in [2.75, 3.05) is 19.7 Å². The average molecular weight is 427 g/mol. The van der Waals surface area contributed by atoms with E-state index in [1.165, 1.54) is 5.56 Å². The van der Waals surface area contributed by atoms with Crippen molar-refractivity contribution in [1.29, 1.82) is 0 Å². The zero-order valence-corrected chi connectivity index (χ0v) is 18.8. The number of carbonyl (C=O) groups is 2. The van der Waals surface area contributed by atoms with Crippen LogP contribution in [0.4, 0.5) is 4.79 Å². The smallest absolute Gasteiger partial charge is 0.410 e. The predicted molar refractivity (Wildman–Crippen MR) is 116 cm³/mol. The van der Waals surface area contributed by atoms with Crippen LogP contribution in [-0.2, 0) is 16.0 Å². The number of aromatic nitrogens is 2. The Morgan fingerprint density at radius 3 is 2.61 bits per heavy atom. The molecule has 0 radical (unpaired) electrons. The van der Waals surface area contributed by atoms with Crippen LogP contribution in [0.1, 0.15) is 63.4 Å². The maximum Gasteiger partial charge on any atom is 0.410 e. The third kappa shape index (κ3) is 4.24. The van der Waals surface area contributed by atoms with Crippen molar-refractivity contribution in [3.63, 3.8) is 0 Å². The van der Waals surface area contributed by atoms with E-state index in [0.29, 0.717) is 31.3 Å². The molecule has 8 heteroatoms. The number of rotatable bonds is 2. The second-order valence-corrected chi connectivity index (χ2v) is 9.36. The quantitative estimate of drug-likeness (QED) is 0.796. The maximum absolute atomic E-state index is 12.9. The van der Waals surface area contributed by atoms with E-state index in [0.717, 1.165) is 16.9 Å². The SMILES string of the molecule is CC(C)c1ccc(-n2nc3c4c2CCN(C(=O)OC(C)(C)C)[C@H]4CNC(=O)CO3)cc1. The fraction of sp³-hybridized carbons (Fsp3) is 0.522. The summed E-state index contributed by atoms with van der Waals surface area (Å²) in [5, 5.41) is 7.55. The molecule has 0 aliphatic carbocycles. The summed E-state index contributed by atoms with van der Waals surface area (Å²) in [5.41, 5.74) is 3.41. The Hall–Kier alpha value is -3.03. The molecule has 1 aromatic heterocycles. The summed E-state index contributed by atoms with van der Waals surface area (Å²) in [6.45, 7) is 10.5. The summed E-state index contributed by atoms with van der Waals surface area (Å²) in [4.78, 5) is 26.7. The molecule has 2 aromatic rings. The summed E-state index contributed by atoms with van der Waals surface area (Å²) >= 11 is 0. The topological polar surface area (TPSA) is 85.7 Å². The van der Waals surface area contributed by atoms with Crippen LogP contribution in [-0.4, -0.2) is 52.0 Å². The van der Waals surface area contributed by atoms with Gasteiger partial charge in [-0.15, -0.1) is 5.10 Å². The zero-order chi connectivity index (χ0) is 22.3. The van der Waals surface area contributed by atoms with Crippen LogP contribution in [0.2, 0.25) is 0 Å². The summed E-state index contributed by atoms with van der Waals surface area (Å²) < 4.78 is 13.3. The van der Waals surface area contributed by atoms with Crippen molar-refractivity contribution in [1.82, 2.24) is 20.0 Å². The van der Waals surface area contributed by atoms with Gasteiger partial charge < -0.3 is 14.8 Å². The molecule has 1 atom stereocenters. The lowest BCUT2D eigenvalue weighted by Crippen LogP contribution is -2.48. The zero-order valence-electron chi connectivity index (χ0n) is 18.8. The molecule has 2 amide bonds. The molecule has 1 aromatic carbocycles. The molecule has 4 rings (SSSR count). The van der Waals surface area contributed by atoms with E-state index >= 15 is 0 Å². The largest absolute Gasteiger partial charge is 0.466 e. The Morgan fingerprint density at radius 2 is 1.97 bits per heavy atom. The molecule has 0 spiro atoms. The Balaban J connectivity index is 1.75. The Morgan fingerprint density at radius 1 is 1.26 bits per heavy atom. The van der Waals surface area contributed by atoms with Gasteiger partial charge in [0.1, 0.15) is 5.60 Å². The monoisotopic (exact) mass is 426 g/mol. The van der Waals surface area contributed by atoms with Crippen LogP contribution in [0, 0.1) is 0 Å². The number of nitrogens with zero attached hydrogens (tertiary/aromatic N) is 3. The van der Waals surface area contributed by atoms with E-state index in [1.807, 2.05) is 37.6 Å². The van der Waals surface area contributed by atoms with Crippen molar-refractivity contribution >= 4 is 12.0 Å². The van der Waals surface area contributed by atoms with Gasteiger partial charge in [-0.1, -0.05) is 26.0 Å². The van der Waals surface area contributed by atoms with Gasteiger partial charge >= 0.3 is 6.09 Å². The van der Waals surface area contributed by atoms with E-state index in [2.05, 4.69) is 31.3 Å². The average Bonchev–Trinajstić information content (AvgIpc) is 3.06. The van der Waals surface area contributed by atoms with Gasteiger partial charge in [0.2, 0.25) is 5.88 Å². The van der Waals surface area contributed by atoms with Gasteiger partial charge in [-0.3, -0.25) is 9.69 Å². The van der Waals surface area contributed by atoms with Crippen molar-refractivity contribution in [3.05, 3.63) is 41.1 Å². The molecule has 2 aliphatic heterocycles. The number of benzene rings is 1. The number of nitrogens with one attached hydrogen (secondary N) is 1. The molecule has 31 heavy (non-hydrogen) atoms. The number of ether oxygens (including phenoxy) is 2. The first kappa shape index (κ1) is 21.2. The molecule has 2 aliphatic rings. The van der Waals surface area contributed by atoms with Crippen LogP contribution in [0.15, 0.2) is 24.3 Å². The second-order valence-electron chi connectivity index (χ2n) is 9.36. The molecular formula is C23H30N4O4. The minimum atomic E-state index is -0.607. The molecule has 3 heterocycles. The lowest BCUT2D eigenvalue weighted by molar-refractivity contribution is -0.123. The first-order chi connectivity index (χ1) is 14.6. The summed E-state index contributed by atoms with van der Waals surface area (Å²) in [6, 6.07) is 7.90. The minimum absolute atomic E-state index is 0.102. The van der Waals surface area contributed by atoms with Gasteiger partial charge in [-0.05, 0) is 44.4 Å². The van der Waals surface area contributed by atoms with Gasteiger partial charge in [0.25, 0.3) is 5.91 Å². The lowest BCUT2D eigenvalue weighted by atomic mass is 9.97. The standard InChI is InChI=1S/C23H30N4O4/c1-14(2)15-6-8-16(9-7-15)27-17-10-11-26(22(29)31-23(3,4)5)18-12-24-19(28)13-30-21(25-27)20(17)18/h6-9,14,18H,10-13H2,1-5H3,(H,24,28)/t18-/m0/s1. The number of hydrogen-bond acceptors (Lipinski definition) is 5. The molecule has 1 N–H and O–H groups in total. The molecule has 0 unspecified atom stereocenters. The van der Waals surface area contributed by atoms with Crippen LogP contribution < -0.4 is 10.1 Å². The third-order valence-corrected chi connectivity index (χ3v) is 5.55. The summed E-state index contributed by atoms with van der Waals surface area (Å²) in [7, 11) is 0. The molecule has 0 fully saturated rings. The molecule has 8 nitrogen and oxygen atoms in total. The fourth-order valence-corrected chi connectivity index (χ4v) is 4.02. The van der Waals surface area contributed by atoms with Crippen LogP contribution in [0.25, 0.3) is 5.69 Å². The van der Waals surface area contributed by atoms with Gasteiger partial charge in [0.15, 0.2) is 6.61 Å². The van der Waals surface area contributed by atoms with Gasteiger partial charge in [0.05, 0.1) is 23.0 Å². The molecule has 0 saturated heterocycles. The van der Waals surface area contributed by atoms with Gasteiger partial charge in [0, 0.05) is 19.5 Å². The fourth-order valence-electron chi connectivity index (χ4n) is 4.02. The Bertz CT molecular complexity index is 988. The normalized spacial score (nSPS) is 18.6. The van der Waals surface area contributed by atoms with E-state index in [1.54, 1.807) is 4.90 Å². The van der Waals surface area contributed by atoms with Crippen LogP contribution >= 0.6 is 0 Å². The van der Waals surface area contributed by atoms with E-state index in [-0.39, 0.29) is 12.5 Å². The molecule has 0 saturated carbocycles. The van der Waals surface area contributed by atoms with E-state index in [9.17, 15) is 9.59 Å². The van der Waals surface area contributed by atoms with Gasteiger partial charge in [-0.2, -0.15) is 0 Å². The first-order valence-corrected chi connectivity index (χ1v) is 10.8. The van der Waals surface area contributed by atoms with Crippen LogP contribution in [0.3, 0.4) is 0 Å². The molecule has 0 bridgehead atoms. The maximum atomic E-state index is 12.9. The predicted octanol–water partition coefficient (Wildman–Crippen LogP) is 3.34.